The number of anilines is 1. The van der Waals surface area contributed by atoms with E-state index in [9.17, 15) is 8.42 Å². The van der Waals surface area contributed by atoms with Crippen LogP contribution in [0.1, 0.15) is 18.3 Å². The van der Waals surface area contributed by atoms with Crippen molar-refractivity contribution in [2.24, 2.45) is 0 Å². The van der Waals surface area contributed by atoms with Gasteiger partial charge >= 0.3 is 0 Å². The molecule has 0 aliphatic carbocycles. The lowest BCUT2D eigenvalue weighted by molar-refractivity contribution is 0.150. The molecule has 0 saturated heterocycles. The Balaban J connectivity index is 2.14. The molecule has 9 heteroatoms. The second-order valence-corrected chi connectivity index (χ2v) is 7.24. The number of nitrogens with zero attached hydrogens (tertiary/aromatic N) is 2. The maximum Gasteiger partial charge on any atom is 0.264 e. The van der Waals surface area contributed by atoms with Gasteiger partial charge in [0, 0.05) is 29.6 Å². The third-order valence-corrected chi connectivity index (χ3v) is 5.56. The van der Waals surface area contributed by atoms with Crippen molar-refractivity contribution in [3.8, 4) is 0 Å². The maximum atomic E-state index is 12.4. The number of aromatic nitrogens is 2. The molecule has 6 nitrogen and oxygen atoms in total. The van der Waals surface area contributed by atoms with E-state index in [0.29, 0.717) is 36.0 Å². The zero-order chi connectivity index (χ0) is 16.2. The first-order valence-corrected chi connectivity index (χ1v) is 9.25. The van der Waals surface area contributed by atoms with Gasteiger partial charge in [-0.3, -0.25) is 4.72 Å². The Labute approximate surface area is 138 Å². The van der Waals surface area contributed by atoms with Crippen LogP contribution in [-0.2, 0) is 21.2 Å². The van der Waals surface area contributed by atoms with Crippen LogP contribution in [0.5, 0.6) is 0 Å². The monoisotopic (exact) mass is 361 g/mol. The van der Waals surface area contributed by atoms with Gasteiger partial charge in [0.1, 0.15) is 5.82 Å². The number of sulfonamides is 1. The molecule has 1 N–H and O–H groups in total. The van der Waals surface area contributed by atoms with Gasteiger partial charge in [0.2, 0.25) is 5.13 Å². The van der Waals surface area contributed by atoms with E-state index < -0.39 is 10.0 Å². The van der Waals surface area contributed by atoms with Gasteiger partial charge < -0.3 is 4.74 Å². The van der Waals surface area contributed by atoms with E-state index in [1.165, 1.54) is 6.07 Å². The van der Waals surface area contributed by atoms with Crippen LogP contribution in [0, 0.1) is 6.92 Å². The average Bonchev–Trinajstić information content (AvgIpc) is 2.88. The minimum Gasteiger partial charge on any atom is -0.381 e. The second-order valence-electron chi connectivity index (χ2n) is 4.43. The van der Waals surface area contributed by atoms with Crippen molar-refractivity contribution >= 4 is 38.3 Å². The predicted octanol–water partition coefficient (Wildman–Crippen LogP) is 2.88. The molecule has 1 aromatic heterocycles. The fourth-order valence-electron chi connectivity index (χ4n) is 1.75. The smallest absolute Gasteiger partial charge is 0.264 e. The van der Waals surface area contributed by atoms with Crippen molar-refractivity contribution in [2.45, 2.75) is 25.2 Å². The van der Waals surface area contributed by atoms with Gasteiger partial charge in [-0.2, -0.15) is 4.37 Å². The Hall–Kier alpha value is -1.22. The summed E-state index contributed by atoms with van der Waals surface area (Å²) >= 11 is 6.97. The summed E-state index contributed by atoms with van der Waals surface area (Å²) in [6.07, 6.45) is 0.544. The van der Waals surface area contributed by atoms with Crippen molar-refractivity contribution in [3.63, 3.8) is 0 Å². The SMILES string of the molecule is CCOCCc1nsc(NS(=O)(=O)c2cccc(Cl)c2C)n1. The molecule has 0 radical (unpaired) electrons. The molecule has 2 rings (SSSR count). The van der Waals surface area contributed by atoms with Gasteiger partial charge in [0.15, 0.2) is 0 Å². The Kier molecular flexibility index (Phi) is 5.74. The molecular formula is C13H16ClN3O3S2. The van der Waals surface area contributed by atoms with Gasteiger partial charge in [0.25, 0.3) is 10.0 Å². The van der Waals surface area contributed by atoms with Crippen LogP contribution in [0.4, 0.5) is 5.13 Å². The van der Waals surface area contributed by atoms with E-state index >= 15 is 0 Å². The summed E-state index contributed by atoms with van der Waals surface area (Å²) in [6, 6.07) is 4.74. The van der Waals surface area contributed by atoms with E-state index in [-0.39, 0.29) is 10.0 Å². The predicted molar refractivity (Wildman–Crippen MR) is 87.1 cm³/mol. The van der Waals surface area contributed by atoms with Gasteiger partial charge in [-0.05, 0) is 31.5 Å². The highest BCUT2D eigenvalue weighted by atomic mass is 35.5. The number of hydrogen-bond acceptors (Lipinski definition) is 6. The van der Waals surface area contributed by atoms with Gasteiger partial charge in [-0.25, -0.2) is 13.4 Å². The lowest BCUT2D eigenvalue weighted by Crippen LogP contribution is -2.14. The standard InChI is InChI=1S/C13H16ClN3O3S2/c1-3-20-8-7-12-15-13(21-16-12)17-22(18,19)11-6-4-5-10(14)9(11)2/h4-6H,3,7-8H2,1-2H3,(H,15,16,17). The molecular weight excluding hydrogens is 346 g/mol. The molecule has 0 spiro atoms. The van der Waals surface area contributed by atoms with Gasteiger partial charge in [0.05, 0.1) is 11.5 Å². The van der Waals surface area contributed by atoms with Crippen LogP contribution in [0.2, 0.25) is 5.02 Å². The third kappa shape index (κ3) is 4.16. The highest BCUT2D eigenvalue weighted by Gasteiger charge is 2.20. The molecule has 2 aromatic rings. The van der Waals surface area contributed by atoms with Crippen LogP contribution >= 0.6 is 23.1 Å². The fourth-order valence-corrected chi connectivity index (χ4v) is 4.09. The van der Waals surface area contributed by atoms with E-state index in [4.69, 9.17) is 16.3 Å². The Morgan fingerprint density at radius 3 is 2.91 bits per heavy atom. The molecule has 1 aromatic carbocycles. The number of nitrogens with one attached hydrogen (secondary N) is 1. The summed E-state index contributed by atoms with van der Waals surface area (Å²) in [7, 11) is -3.74. The van der Waals surface area contributed by atoms with Crippen molar-refractivity contribution in [2.75, 3.05) is 17.9 Å². The number of benzene rings is 1. The molecule has 1 heterocycles. The number of rotatable bonds is 7. The van der Waals surface area contributed by atoms with Crippen molar-refractivity contribution < 1.29 is 13.2 Å². The molecule has 0 saturated carbocycles. The highest BCUT2D eigenvalue weighted by Crippen LogP contribution is 2.25. The first-order chi connectivity index (χ1) is 10.4. The average molecular weight is 362 g/mol. The van der Waals surface area contributed by atoms with Gasteiger partial charge in [-0.15, -0.1) is 0 Å². The molecule has 0 bridgehead atoms. The fraction of sp³-hybridized carbons (Fsp3) is 0.385. The largest absolute Gasteiger partial charge is 0.381 e. The molecule has 0 atom stereocenters. The maximum absolute atomic E-state index is 12.4. The molecule has 120 valence electrons. The zero-order valence-corrected chi connectivity index (χ0v) is 14.6. The van der Waals surface area contributed by atoms with Crippen LogP contribution in [0.3, 0.4) is 0 Å². The van der Waals surface area contributed by atoms with E-state index in [1.54, 1.807) is 19.1 Å². The van der Waals surface area contributed by atoms with Crippen LogP contribution in [-0.4, -0.2) is 31.0 Å². The van der Waals surface area contributed by atoms with Crippen LogP contribution in [0.15, 0.2) is 23.1 Å². The molecule has 0 unspecified atom stereocenters. The summed E-state index contributed by atoms with van der Waals surface area (Å²) in [5, 5.41) is 0.628. The van der Waals surface area contributed by atoms with E-state index in [0.717, 1.165) is 11.5 Å². The number of halogens is 1. The first kappa shape index (κ1) is 17.1. The summed E-state index contributed by atoms with van der Waals surface area (Å²) in [5.41, 5.74) is 0.498. The number of ether oxygens (including phenoxy) is 1. The van der Waals surface area contributed by atoms with Crippen molar-refractivity contribution in [3.05, 3.63) is 34.6 Å². The van der Waals surface area contributed by atoms with Crippen LogP contribution in [0.25, 0.3) is 0 Å². The lowest BCUT2D eigenvalue weighted by Gasteiger charge is -2.08. The lowest BCUT2D eigenvalue weighted by atomic mass is 10.2. The van der Waals surface area contributed by atoms with Gasteiger partial charge in [-0.1, -0.05) is 17.7 Å². The Morgan fingerprint density at radius 2 is 2.18 bits per heavy atom. The Bertz CT molecular complexity index is 747. The molecule has 0 amide bonds. The minimum absolute atomic E-state index is 0.131. The van der Waals surface area contributed by atoms with E-state index in [2.05, 4.69) is 14.1 Å². The topological polar surface area (TPSA) is 81.2 Å². The first-order valence-electron chi connectivity index (χ1n) is 6.62. The zero-order valence-electron chi connectivity index (χ0n) is 12.2. The Morgan fingerprint density at radius 1 is 1.41 bits per heavy atom. The summed E-state index contributed by atoms with van der Waals surface area (Å²) in [4.78, 5) is 4.28. The minimum atomic E-state index is -3.74. The second kappa shape index (κ2) is 7.36. The molecule has 0 aliphatic heterocycles. The summed E-state index contributed by atoms with van der Waals surface area (Å²) < 4.78 is 36.5. The third-order valence-electron chi connectivity index (χ3n) is 2.87. The number of hydrogen-bond donors (Lipinski definition) is 1. The molecule has 0 aliphatic rings. The molecule has 22 heavy (non-hydrogen) atoms. The van der Waals surface area contributed by atoms with Crippen LogP contribution < -0.4 is 4.72 Å². The van der Waals surface area contributed by atoms with E-state index in [1.807, 2.05) is 6.92 Å². The molecule has 0 fully saturated rings. The highest BCUT2D eigenvalue weighted by molar-refractivity contribution is 7.93. The normalized spacial score (nSPS) is 11.6. The van der Waals surface area contributed by atoms with Crippen molar-refractivity contribution in [1.29, 1.82) is 0 Å². The quantitative estimate of drug-likeness (QED) is 0.767. The summed E-state index contributed by atoms with van der Waals surface area (Å²) in [6.45, 7) is 4.69. The van der Waals surface area contributed by atoms with Crippen molar-refractivity contribution in [1.82, 2.24) is 9.36 Å². The summed E-state index contributed by atoms with van der Waals surface area (Å²) in [5.74, 6) is 0.555.